The van der Waals surface area contributed by atoms with Gasteiger partial charge in [-0.05, 0) is 35.2 Å². The maximum absolute atomic E-state index is 12.8. The summed E-state index contributed by atoms with van der Waals surface area (Å²) in [5.41, 5.74) is 14.1. The molecule has 164 valence electrons. The lowest BCUT2D eigenvalue weighted by atomic mass is 9.99. The van der Waals surface area contributed by atoms with Crippen LogP contribution >= 0.6 is 0 Å². The van der Waals surface area contributed by atoms with Gasteiger partial charge in [-0.15, -0.1) is 0 Å². The number of carbonyl (C=O) groups excluding carboxylic acids is 1. The number of fused-ring (bicyclic) bond motifs is 1. The Labute approximate surface area is 185 Å². The van der Waals surface area contributed by atoms with Crippen molar-refractivity contribution >= 4 is 39.6 Å². The van der Waals surface area contributed by atoms with Gasteiger partial charge < -0.3 is 26.8 Å². The molecule has 1 amide bonds. The van der Waals surface area contributed by atoms with E-state index in [-0.39, 0.29) is 18.6 Å². The van der Waals surface area contributed by atoms with E-state index in [1.165, 1.54) is 6.20 Å². The standard InChI is InChI=1S/C23H25N7O2/c1-26-20(13-31)19(9-24)14-2-3-16-10-28-21(7-17(16)6-14)29-23(32)15-4-5-27-22(8-15)30-11-18(25)12-30/h2-10,18,31H,11-13,24-25H2,1H3,(H,28,29,32). The van der Waals surface area contributed by atoms with Gasteiger partial charge in [-0.2, -0.15) is 0 Å². The highest BCUT2D eigenvalue weighted by molar-refractivity contribution is 6.24. The highest BCUT2D eigenvalue weighted by Gasteiger charge is 2.24. The fourth-order valence-corrected chi connectivity index (χ4v) is 3.63. The molecule has 9 nitrogen and oxygen atoms in total. The third-order valence-electron chi connectivity index (χ3n) is 5.41. The number of nitrogens with one attached hydrogen (secondary N) is 1. The summed E-state index contributed by atoms with van der Waals surface area (Å²) in [7, 11) is 1.61. The van der Waals surface area contributed by atoms with Gasteiger partial charge in [0.1, 0.15) is 11.6 Å². The number of amides is 1. The molecule has 1 aromatic carbocycles. The Morgan fingerprint density at radius 3 is 2.72 bits per heavy atom. The van der Waals surface area contributed by atoms with Crippen LogP contribution in [0.25, 0.3) is 16.3 Å². The Hall–Kier alpha value is -3.82. The summed E-state index contributed by atoms with van der Waals surface area (Å²) >= 11 is 0. The molecule has 0 unspecified atom stereocenters. The minimum absolute atomic E-state index is 0.146. The molecule has 3 aromatic rings. The van der Waals surface area contributed by atoms with Crippen LogP contribution in [0, 0.1) is 0 Å². The molecule has 6 N–H and O–H groups in total. The minimum Gasteiger partial charge on any atom is -0.404 e. The minimum atomic E-state index is -0.273. The Morgan fingerprint density at radius 1 is 1.22 bits per heavy atom. The average Bonchev–Trinajstić information content (AvgIpc) is 2.80. The molecule has 0 saturated carbocycles. The lowest BCUT2D eigenvalue weighted by Crippen LogP contribution is -2.56. The number of hydrogen-bond donors (Lipinski definition) is 4. The second-order valence-electron chi connectivity index (χ2n) is 7.56. The molecule has 1 saturated heterocycles. The maximum atomic E-state index is 12.8. The van der Waals surface area contributed by atoms with Crippen molar-refractivity contribution in [2.75, 3.05) is 37.0 Å². The number of hydrogen-bond acceptors (Lipinski definition) is 8. The number of nitrogens with two attached hydrogens (primary N) is 2. The van der Waals surface area contributed by atoms with Gasteiger partial charge in [-0.3, -0.25) is 9.79 Å². The predicted molar refractivity (Wildman–Crippen MR) is 127 cm³/mol. The van der Waals surface area contributed by atoms with Crippen molar-refractivity contribution in [3.63, 3.8) is 0 Å². The van der Waals surface area contributed by atoms with Gasteiger partial charge in [0.2, 0.25) is 0 Å². The molecular weight excluding hydrogens is 406 g/mol. The molecule has 1 aliphatic rings. The summed E-state index contributed by atoms with van der Waals surface area (Å²) in [4.78, 5) is 27.6. The second-order valence-corrected chi connectivity index (χ2v) is 7.56. The SMILES string of the molecule is CN=C(CO)C(=CN)c1ccc2cnc(NC(=O)c3ccnc(N4CC(N)C4)c3)cc2c1. The van der Waals surface area contributed by atoms with E-state index >= 15 is 0 Å². The summed E-state index contributed by atoms with van der Waals surface area (Å²) < 4.78 is 0. The first kappa shape index (κ1) is 21.4. The Balaban J connectivity index is 1.57. The van der Waals surface area contributed by atoms with Gasteiger partial charge in [-0.25, -0.2) is 9.97 Å². The molecule has 3 heterocycles. The fourth-order valence-electron chi connectivity index (χ4n) is 3.63. The number of carbonyl (C=O) groups is 1. The van der Waals surface area contributed by atoms with Crippen molar-refractivity contribution in [1.82, 2.24) is 9.97 Å². The summed E-state index contributed by atoms with van der Waals surface area (Å²) in [5, 5.41) is 14.2. The molecule has 0 bridgehead atoms. The van der Waals surface area contributed by atoms with Crippen LogP contribution in [0.4, 0.5) is 11.6 Å². The molecule has 1 aliphatic heterocycles. The van der Waals surface area contributed by atoms with Crippen molar-refractivity contribution in [3.8, 4) is 0 Å². The number of benzene rings is 1. The number of nitrogens with zero attached hydrogens (tertiary/aromatic N) is 4. The third-order valence-corrected chi connectivity index (χ3v) is 5.41. The van der Waals surface area contributed by atoms with E-state index in [0.717, 1.165) is 35.2 Å². The van der Waals surface area contributed by atoms with Crippen LogP contribution in [-0.2, 0) is 0 Å². The van der Waals surface area contributed by atoms with Gasteiger partial charge in [0.15, 0.2) is 0 Å². The molecule has 1 fully saturated rings. The predicted octanol–water partition coefficient (Wildman–Crippen LogP) is 1.39. The van der Waals surface area contributed by atoms with E-state index in [2.05, 4.69) is 20.3 Å². The second kappa shape index (κ2) is 9.13. The highest BCUT2D eigenvalue weighted by atomic mass is 16.3. The van der Waals surface area contributed by atoms with Crippen LogP contribution in [-0.4, -0.2) is 59.5 Å². The summed E-state index contributed by atoms with van der Waals surface area (Å²) in [6.07, 6.45) is 4.74. The van der Waals surface area contributed by atoms with Crippen molar-refractivity contribution in [3.05, 3.63) is 66.1 Å². The monoisotopic (exact) mass is 431 g/mol. The van der Waals surface area contributed by atoms with Gasteiger partial charge >= 0.3 is 0 Å². The van der Waals surface area contributed by atoms with Gasteiger partial charge in [-0.1, -0.05) is 12.1 Å². The molecule has 0 radical (unpaired) electrons. The zero-order valence-electron chi connectivity index (χ0n) is 17.7. The zero-order valence-corrected chi connectivity index (χ0v) is 17.7. The first-order valence-electron chi connectivity index (χ1n) is 10.2. The zero-order chi connectivity index (χ0) is 22.7. The summed E-state index contributed by atoms with van der Waals surface area (Å²) in [5.74, 6) is 0.882. The van der Waals surface area contributed by atoms with Crippen molar-refractivity contribution < 1.29 is 9.90 Å². The van der Waals surface area contributed by atoms with Crippen molar-refractivity contribution in [1.29, 1.82) is 0 Å². The number of anilines is 2. The summed E-state index contributed by atoms with van der Waals surface area (Å²) in [6, 6.07) is 11.1. The Bertz CT molecular complexity index is 1220. The van der Waals surface area contributed by atoms with E-state index in [1.807, 2.05) is 23.1 Å². The molecule has 9 heteroatoms. The van der Waals surface area contributed by atoms with Crippen LogP contribution < -0.4 is 21.7 Å². The lowest BCUT2D eigenvalue weighted by Gasteiger charge is -2.37. The molecule has 0 atom stereocenters. The Kier molecular flexibility index (Phi) is 6.11. The molecule has 32 heavy (non-hydrogen) atoms. The average molecular weight is 432 g/mol. The molecular formula is C23H25N7O2. The van der Waals surface area contributed by atoms with E-state index in [0.29, 0.717) is 22.7 Å². The maximum Gasteiger partial charge on any atom is 0.257 e. The Morgan fingerprint density at radius 2 is 2.03 bits per heavy atom. The fraction of sp³-hybridized carbons (Fsp3) is 0.217. The molecule has 2 aromatic heterocycles. The molecule has 0 spiro atoms. The van der Waals surface area contributed by atoms with Crippen LogP contribution in [0.1, 0.15) is 15.9 Å². The molecule has 4 rings (SSSR count). The number of aliphatic imine (C=N–C) groups is 1. The number of pyridine rings is 2. The van der Waals surface area contributed by atoms with E-state index in [1.54, 1.807) is 37.6 Å². The van der Waals surface area contributed by atoms with Crippen LogP contribution in [0.3, 0.4) is 0 Å². The third kappa shape index (κ3) is 4.29. The van der Waals surface area contributed by atoms with Crippen molar-refractivity contribution in [2.24, 2.45) is 16.5 Å². The van der Waals surface area contributed by atoms with E-state index in [4.69, 9.17) is 11.5 Å². The quantitative estimate of drug-likeness (QED) is 0.432. The van der Waals surface area contributed by atoms with Crippen molar-refractivity contribution in [2.45, 2.75) is 6.04 Å². The largest absolute Gasteiger partial charge is 0.404 e. The number of aromatic nitrogens is 2. The van der Waals surface area contributed by atoms with E-state index in [9.17, 15) is 9.90 Å². The smallest absolute Gasteiger partial charge is 0.257 e. The van der Waals surface area contributed by atoms with Crippen LogP contribution in [0.15, 0.2) is 60.0 Å². The topological polar surface area (TPSA) is 143 Å². The van der Waals surface area contributed by atoms with Crippen LogP contribution in [0.5, 0.6) is 0 Å². The number of rotatable bonds is 6. The van der Waals surface area contributed by atoms with Crippen LogP contribution in [0.2, 0.25) is 0 Å². The summed E-state index contributed by atoms with van der Waals surface area (Å²) in [6.45, 7) is 1.24. The number of aliphatic hydroxyl groups excluding tert-OH is 1. The van der Waals surface area contributed by atoms with Gasteiger partial charge in [0.25, 0.3) is 5.91 Å². The highest BCUT2D eigenvalue weighted by Crippen LogP contribution is 2.24. The lowest BCUT2D eigenvalue weighted by molar-refractivity contribution is 0.102. The van der Waals surface area contributed by atoms with Gasteiger partial charge in [0, 0.05) is 61.3 Å². The normalized spacial score (nSPS) is 15.0. The first-order chi connectivity index (χ1) is 15.5. The van der Waals surface area contributed by atoms with Gasteiger partial charge in [0.05, 0.1) is 12.3 Å². The number of aliphatic hydroxyl groups is 1. The van der Waals surface area contributed by atoms with E-state index < -0.39 is 0 Å². The first-order valence-corrected chi connectivity index (χ1v) is 10.2. The molecule has 0 aliphatic carbocycles.